The number of aryl methyl sites for hydroxylation is 1. The second-order valence-electron chi connectivity index (χ2n) is 5.86. The predicted octanol–water partition coefficient (Wildman–Crippen LogP) is 2.88. The topological polar surface area (TPSA) is 52.9 Å². The Hall–Kier alpha value is -2.04. The number of benzene rings is 2. The van der Waals surface area contributed by atoms with Crippen molar-refractivity contribution in [3.05, 3.63) is 60.2 Å². The lowest BCUT2D eigenvalue weighted by molar-refractivity contribution is 0.111. The van der Waals surface area contributed by atoms with E-state index in [2.05, 4.69) is 19.1 Å². The van der Waals surface area contributed by atoms with Gasteiger partial charge < -0.3 is 19.8 Å². The van der Waals surface area contributed by atoms with Crippen LogP contribution in [0.5, 0.6) is 5.75 Å². The van der Waals surface area contributed by atoms with Crippen LogP contribution >= 0.6 is 0 Å². The van der Waals surface area contributed by atoms with Crippen molar-refractivity contribution in [3.63, 3.8) is 0 Å². The summed E-state index contributed by atoms with van der Waals surface area (Å²) in [7, 11) is 0. The Morgan fingerprint density at radius 3 is 2.38 bits per heavy atom. The van der Waals surface area contributed by atoms with Crippen molar-refractivity contribution in [2.75, 3.05) is 31.2 Å². The van der Waals surface area contributed by atoms with Crippen LogP contribution in [0, 0.1) is 0 Å². The fraction of sp³-hybridized carbons (Fsp3) is 0.400. The van der Waals surface area contributed by atoms with E-state index >= 15 is 0 Å². The molecule has 2 aromatic rings. The van der Waals surface area contributed by atoms with E-state index in [1.807, 2.05) is 47.4 Å². The Bertz CT molecular complexity index is 571. The third-order valence-corrected chi connectivity index (χ3v) is 3.83. The molecular formula is C20H27NO3. The van der Waals surface area contributed by atoms with Crippen molar-refractivity contribution >= 4 is 5.69 Å². The van der Waals surface area contributed by atoms with Crippen LogP contribution < -0.4 is 9.64 Å². The molecule has 2 N–H and O–H groups in total. The van der Waals surface area contributed by atoms with E-state index in [9.17, 15) is 10.2 Å². The number of ether oxygens (including phenoxy) is 1. The van der Waals surface area contributed by atoms with Gasteiger partial charge in [0, 0.05) is 18.8 Å². The molecule has 0 fully saturated rings. The van der Waals surface area contributed by atoms with E-state index in [-0.39, 0.29) is 13.2 Å². The minimum Gasteiger partial charge on any atom is -0.491 e. The number of nitrogens with zero attached hydrogens (tertiary/aromatic N) is 1. The minimum atomic E-state index is -0.632. The normalized spacial score (nSPS) is 12.0. The molecule has 0 radical (unpaired) electrons. The summed E-state index contributed by atoms with van der Waals surface area (Å²) < 4.78 is 5.68. The molecule has 0 aliphatic heterocycles. The van der Waals surface area contributed by atoms with Gasteiger partial charge in [-0.25, -0.2) is 0 Å². The van der Waals surface area contributed by atoms with Gasteiger partial charge in [-0.15, -0.1) is 0 Å². The molecule has 24 heavy (non-hydrogen) atoms. The number of aliphatic hydroxyl groups excluding tert-OH is 2. The molecule has 1 unspecified atom stereocenters. The van der Waals surface area contributed by atoms with E-state index < -0.39 is 6.10 Å². The van der Waals surface area contributed by atoms with E-state index in [4.69, 9.17) is 4.74 Å². The molecule has 2 rings (SSSR count). The van der Waals surface area contributed by atoms with Gasteiger partial charge in [0.15, 0.2) is 0 Å². The van der Waals surface area contributed by atoms with E-state index in [0.717, 1.165) is 24.3 Å². The third-order valence-electron chi connectivity index (χ3n) is 3.83. The van der Waals surface area contributed by atoms with Gasteiger partial charge in [-0.05, 0) is 36.2 Å². The highest BCUT2D eigenvalue weighted by molar-refractivity contribution is 5.46. The highest BCUT2D eigenvalue weighted by Crippen LogP contribution is 2.15. The van der Waals surface area contributed by atoms with E-state index in [1.165, 1.54) is 5.56 Å². The lowest BCUT2D eigenvalue weighted by Gasteiger charge is -2.26. The molecule has 1 atom stereocenters. The first-order valence-corrected chi connectivity index (χ1v) is 8.53. The Morgan fingerprint density at radius 1 is 1.04 bits per heavy atom. The second-order valence-corrected chi connectivity index (χ2v) is 5.86. The van der Waals surface area contributed by atoms with Crippen LogP contribution in [0.25, 0.3) is 0 Å². The lowest BCUT2D eigenvalue weighted by Crippen LogP contribution is -2.37. The van der Waals surface area contributed by atoms with Gasteiger partial charge in [0.25, 0.3) is 0 Å². The zero-order chi connectivity index (χ0) is 17.2. The molecule has 4 heteroatoms. The molecule has 0 spiro atoms. The first-order chi connectivity index (χ1) is 11.7. The quantitative estimate of drug-likeness (QED) is 0.704. The van der Waals surface area contributed by atoms with Crippen LogP contribution in [-0.2, 0) is 6.42 Å². The maximum atomic E-state index is 10.3. The number of aliphatic hydroxyl groups is 2. The Kier molecular flexibility index (Phi) is 7.59. The molecule has 2 aromatic carbocycles. The first-order valence-electron chi connectivity index (χ1n) is 8.53. The van der Waals surface area contributed by atoms with Crippen LogP contribution in [0.1, 0.15) is 18.9 Å². The standard InChI is InChI=1S/C20H27NO3/c1-2-6-17-9-11-20(12-10-17)24-16-19(23)15-21(13-14-22)18-7-4-3-5-8-18/h3-5,7-12,19,22-23H,2,6,13-16H2,1H3. The molecule has 0 aliphatic carbocycles. The molecular weight excluding hydrogens is 302 g/mol. The molecule has 0 aromatic heterocycles. The van der Waals surface area contributed by atoms with Gasteiger partial charge in [0.1, 0.15) is 18.5 Å². The van der Waals surface area contributed by atoms with Gasteiger partial charge in [0.05, 0.1) is 6.61 Å². The fourth-order valence-electron chi connectivity index (χ4n) is 2.63. The van der Waals surface area contributed by atoms with Gasteiger partial charge in [-0.3, -0.25) is 0 Å². The summed E-state index contributed by atoms with van der Waals surface area (Å²) in [5.41, 5.74) is 2.28. The number of anilines is 1. The van der Waals surface area contributed by atoms with E-state index in [1.54, 1.807) is 0 Å². The highest BCUT2D eigenvalue weighted by atomic mass is 16.5. The summed E-state index contributed by atoms with van der Waals surface area (Å²) in [5, 5.41) is 19.5. The molecule has 4 nitrogen and oxygen atoms in total. The summed E-state index contributed by atoms with van der Waals surface area (Å²) in [4.78, 5) is 1.96. The summed E-state index contributed by atoms with van der Waals surface area (Å²) in [6, 6.07) is 17.8. The second kappa shape index (κ2) is 9.96. The monoisotopic (exact) mass is 329 g/mol. The Labute approximate surface area is 144 Å². The van der Waals surface area contributed by atoms with Gasteiger partial charge in [-0.2, -0.15) is 0 Å². The van der Waals surface area contributed by atoms with Crippen molar-refractivity contribution in [1.82, 2.24) is 0 Å². The zero-order valence-electron chi connectivity index (χ0n) is 14.3. The molecule has 0 aliphatic rings. The van der Waals surface area contributed by atoms with Gasteiger partial charge in [0.2, 0.25) is 0 Å². The highest BCUT2D eigenvalue weighted by Gasteiger charge is 2.13. The first kappa shape index (κ1) is 18.3. The molecule has 0 amide bonds. The van der Waals surface area contributed by atoms with Crippen molar-refractivity contribution in [2.45, 2.75) is 25.9 Å². The molecule has 0 heterocycles. The van der Waals surface area contributed by atoms with Crippen LogP contribution in [-0.4, -0.2) is 42.6 Å². The molecule has 0 bridgehead atoms. The smallest absolute Gasteiger partial charge is 0.119 e. The fourth-order valence-corrected chi connectivity index (χ4v) is 2.63. The maximum Gasteiger partial charge on any atom is 0.119 e. The Balaban J connectivity index is 1.85. The average Bonchev–Trinajstić information content (AvgIpc) is 2.62. The number of rotatable bonds is 10. The number of hydrogen-bond donors (Lipinski definition) is 2. The SMILES string of the molecule is CCCc1ccc(OCC(O)CN(CCO)c2ccccc2)cc1. The predicted molar refractivity (Wildman–Crippen MR) is 97.7 cm³/mol. The molecule has 0 saturated carbocycles. The number of para-hydroxylation sites is 1. The van der Waals surface area contributed by atoms with Crippen LogP contribution in [0.2, 0.25) is 0 Å². The maximum absolute atomic E-state index is 10.3. The summed E-state index contributed by atoms with van der Waals surface area (Å²) in [6.45, 7) is 3.32. The van der Waals surface area contributed by atoms with Crippen molar-refractivity contribution < 1.29 is 14.9 Å². The number of hydrogen-bond acceptors (Lipinski definition) is 4. The van der Waals surface area contributed by atoms with Crippen molar-refractivity contribution in [2.24, 2.45) is 0 Å². The summed E-state index contributed by atoms with van der Waals surface area (Å²) >= 11 is 0. The van der Waals surface area contributed by atoms with Gasteiger partial charge >= 0.3 is 0 Å². The third kappa shape index (κ3) is 5.87. The van der Waals surface area contributed by atoms with Gasteiger partial charge in [-0.1, -0.05) is 43.7 Å². The van der Waals surface area contributed by atoms with Crippen LogP contribution in [0.3, 0.4) is 0 Å². The zero-order valence-corrected chi connectivity index (χ0v) is 14.3. The minimum absolute atomic E-state index is 0.0430. The van der Waals surface area contributed by atoms with Crippen LogP contribution in [0.4, 0.5) is 5.69 Å². The lowest BCUT2D eigenvalue weighted by atomic mass is 10.1. The van der Waals surface area contributed by atoms with Crippen LogP contribution in [0.15, 0.2) is 54.6 Å². The summed E-state index contributed by atoms with van der Waals surface area (Å²) in [6.07, 6.45) is 1.56. The average molecular weight is 329 g/mol. The van der Waals surface area contributed by atoms with E-state index in [0.29, 0.717) is 13.1 Å². The molecule has 130 valence electrons. The summed E-state index contributed by atoms with van der Waals surface area (Å²) in [5.74, 6) is 0.766. The molecule has 0 saturated heterocycles. The largest absolute Gasteiger partial charge is 0.491 e. The Morgan fingerprint density at radius 2 is 1.75 bits per heavy atom. The van der Waals surface area contributed by atoms with Crippen molar-refractivity contribution in [1.29, 1.82) is 0 Å². The van der Waals surface area contributed by atoms with Crippen molar-refractivity contribution in [3.8, 4) is 5.75 Å².